The molecule has 1 atom stereocenters. The molecule has 0 bridgehead atoms. The van der Waals surface area contributed by atoms with Gasteiger partial charge in [-0.3, -0.25) is 0 Å². The largest absolute Gasteiger partial charge is 0.434 e. The van der Waals surface area contributed by atoms with Gasteiger partial charge in [0.1, 0.15) is 5.56 Å². The van der Waals surface area contributed by atoms with Crippen molar-refractivity contribution in [3.8, 4) is 0 Å². The van der Waals surface area contributed by atoms with Gasteiger partial charge in [-0.2, -0.15) is 8.78 Å². The highest BCUT2D eigenvalue weighted by atomic mass is 19.3. The third-order valence-corrected chi connectivity index (χ3v) is 8.67. The maximum atomic E-state index is 15.0. The molecule has 1 aromatic rings. The third kappa shape index (κ3) is 6.35. The van der Waals surface area contributed by atoms with Crippen LogP contribution in [0, 0.1) is 29.4 Å². The summed E-state index contributed by atoms with van der Waals surface area (Å²) >= 11 is 0. The molecule has 0 amide bonds. The lowest BCUT2D eigenvalue weighted by Gasteiger charge is -2.35. The number of hydrogen-bond donors (Lipinski definition) is 0. The van der Waals surface area contributed by atoms with Crippen molar-refractivity contribution >= 4 is 0 Å². The molecule has 0 aromatic heterocycles. The van der Waals surface area contributed by atoms with E-state index in [4.69, 9.17) is 9.47 Å². The van der Waals surface area contributed by atoms with E-state index in [2.05, 4.69) is 19.1 Å². The zero-order chi connectivity index (χ0) is 25.7. The fourth-order valence-corrected chi connectivity index (χ4v) is 6.42. The highest BCUT2D eigenvalue weighted by Gasteiger charge is 2.41. The highest BCUT2D eigenvalue weighted by molar-refractivity contribution is 5.31. The van der Waals surface area contributed by atoms with Gasteiger partial charge in [-0.15, -0.1) is 0 Å². The van der Waals surface area contributed by atoms with Gasteiger partial charge in [0.2, 0.25) is 0 Å². The van der Waals surface area contributed by atoms with E-state index in [9.17, 15) is 17.6 Å². The van der Waals surface area contributed by atoms with Gasteiger partial charge < -0.3 is 9.47 Å². The summed E-state index contributed by atoms with van der Waals surface area (Å²) in [6, 6.07) is 2.30. The van der Waals surface area contributed by atoms with Crippen LogP contribution >= 0.6 is 0 Å². The molecule has 3 aliphatic carbocycles. The first kappa shape index (κ1) is 27.2. The van der Waals surface area contributed by atoms with Crippen molar-refractivity contribution in [3.05, 3.63) is 58.9 Å². The van der Waals surface area contributed by atoms with Gasteiger partial charge in [-0.25, -0.2) is 8.78 Å². The van der Waals surface area contributed by atoms with Crippen LogP contribution in [0.1, 0.15) is 101 Å². The molecular formula is C30H40F4O2. The molecule has 2 saturated carbocycles. The van der Waals surface area contributed by atoms with Crippen molar-refractivity contribution in [2.75, 3.05) is 7.11 Å². The van der Waals surface area contributed by atoms with Crippen LogP contribution in [-0.2, 0) is 15.6 Å². The normalized spacial score (nSPS) is 29.8. The van der Waals surface area contributed by atoms with Crippen molar-refractivity contribution in [2.45, 2.75) is 102 Å². The molecule has 2 fully saturated rings. The number of alkyl halides is 2. The Morgan fingerprint density at radius 3 is 2.25 bits per heavy atom. The summed E-state index contributed by atoms with van der Waals surface area (Å²) in [6.07, 6.45) is 13.0. The van der Waals surface area contributed by atoms with E-state index in [0.29, 0.717) is 43.4 Å². The van der Waals surface area contributed by atoms with Crippen molar-refractivity contribution in [2.24, 2.45) is 17.8 Å². The average molecular weight is 509 g/mol. The van der Waals surface area contributed by atoms with Crippen LogP contribution in [0.2, 0.25) is 0 Å². The number of benzene rings is 1. The molecule has 0 heterocycles. The quantitative estimate of drug-likeness (QED) is 0.257. The SMILES string of the molecule is CC/C=C/C1CCC(C2CC=C(OC(F)(F)c3ccc(C4CCC(OC)CC4)c(F)c3F)CC2)CC1. The van der Waals surface area contributed by atoms with Gasteiger partial charge in [-0.05, 0) is 112 Å². The first-order valence-electron chi connectivity index (χ1n) is 13.8. The Bertz CT molecular complexity index is 925. The van der Waals surface area contributed by atoms with Gasteiger partial charge in [-0.1, -0.05) is 25.1 Å². The lowest BCUT2D eigenvalue weighted by Crippen LogP contribution is -2.25. The Balaban J connectivity index is 1.35. The monoisotopic (exact) mass is 508 g/mol. The van der Waals surface area contributed by atoms with Crippen LogP contribution in [-0.4, -0.2) is 13.2 Å². The minimum atomic E-state index is -3.92. The summed E-state index contributed by atoms with van der Waals surface area (Å²) in [5.41, 5.74) is -0.864. The Morgan fingerprint density at radius 2 is 1.64 bits per heavy atom. The summed E-state index contributed by atoms with van der Waals surface area (Å²) in [5.74, 6) is -0.938. The molecule has 2 nitrogen and oxygen atoms in total. The molecule has 0 saturated heterocycles. The van der Waals surface area contributed by atoms with Crippen LogP contribution < -0.4 is 0 Å². The van der Waals surface area contributed by atoms with E-state index in [1.807, 2.05) is 0 Å². The molecule has 200 valence electrons. The molecule has 36 heavy (non-hydrogen) atoms. The number of rotatable bonds is 8. The van der Waals surface area contributed by atoms with Crippen molar-refractivity contribution in [3.63, 3.8) is 0 Å². The van der Waals surface area contributed by atoms with Gasteiger partial charge in [0.15, 0.2) is 11.6 Å². The second-order valence-electron chi connectivity index (χ2n) is 10.9. The van der Waals surface area contributed by atoms with E-state index in [1.54, 1.807) is 13.2 Å². The summed E-state index contributed by atoms with van der Waals surface area (Å²) in [5, 5.41) is 0. The first-order chi connectivity index (χ1) is 17.3. The molecule has 0 radical (unpaired) electrons. The number of halogens is 4. The molecule has 4 rings (SSSR count). The maximum absolute atomic E-state index is 15.0. The summed E-state index contributed by atoms with van der Waals surface area (Å²) < 4.78 is 70.0. The Labute approximate surface area is 213 Å². The summed E-state index contributed by atoms with van der Waals surface area (Å²) in [6.45, 7) is 2.15. The molecule has 0 spiro atoms. The molecule has 1 unspecified atom stereocenters. The van der Waals surface area contributed by atoms with Crippen LogP contribution in [0.4, 0.5) is 17.6 Å². The molecule has 0 N–H and O–H groups in total. The van der Waals surface area contributed by atoms with Crippen molar-refractivity contribution < 1.29 is 27.0 Å². The zero-order valence-corrected chi connectivity index (χ0v) is 21.6. The average Bonchev–Trinajstić information content (AvgIpc) is 2.89. The molecular weight excluding hydrogens is 468 g/mol. The van der Waals surface area contributed by atoms with Gasteiger partial charge in [0.25, 0.3) is 0 Å². The number of allylic oxidation sites excluding steroid dienone is 4. The first-order valence-corrected chi connectivity index (χ1v) is 13.8. The molecule has 0 aliphatic heterocycles. The maximum Gasteiger partial charge on any atom is 0.429 e. The Kier molecular flexibility index (Phi) is 9.19. The number of hydrogen-bond acceptors (Lipinski definition) is 2. The highest BCUT2D eigenvalue weighted by Crippen LogP contribution is 2.43. The van der Waals surface area contributed by atoms with E-state index in [1.165, 1.54) is 31.7 Å². The second kappa shape index (κ2) is 12.1. The van der Waals surface area contributed by atoms with Crippen LogP contribution in [0.25, 0.3) is 0 Å². The summed E-state index contributed by atoms with van der Waals surface area (Å²) in [4.78, 5) is 0. The number of methoxy groups -OCH3 is 1. The van der Waals surface area contributed by atoms with E-state index in [-0.39, 0.29) is 23.3 Å². The molecule has 1 aromatic carbocycles. The Morgan fingerprint density at radius 1 is 0.917 bits per heavy atom. The lowest BCUT2D eigenvalue weighted by atomic mass is 9.72. The number of ether oxygens (including phenoxy) is 2. The summed E-state index contributed by atoms with van der Waals surface area (Å²) in [7, 11) is 1.64. The van der Waals surface area contributed by atoms with Crippen molar-refractivity contribution in [1.82, 2.24) is 0 Å². The third-order valence-electron chi connectivity index (χ3n) is 8.67. The molecule has 6 heteroatoms. The minimum absolute atomic E-state index is 0.118. The molecule has 3 aliphatic rings. The van der Waals surface area contributed by atoms with E-state index >= 15 is 0 Å². The predicted molar refractivity (Wildman–Crippen MR) is 134 cm³/mol. The lowest BCUT2D eigenvalue weighted by molar-refractivity contribution is -0.228. The van der Waals surface area contributed by atoms with Crippen LogP contribution in [0.15, 0.2) is 36.1 Å². The second-order valence-corrected chi connectivity index (χ2v) is 10.9. The van der Waals surface area contributed by atoms with E-state index in [0.717, 1.165) is 31.7 Å². The van der Waals surface area contributed by atoms with E-state index < -0.39 is 23.3 Å². The topological polar surface area (TPSA) is 18.5 Å². The Hall–Kier alpha value is -1.82. The fraction of sp³-hybridized carbons (Fsp3) is 0.667. The van der Waals surface area contributed by atoms with Gasteiger partial charge in [0.05, 0.1) is 11.9 Å². The zero-order valence-electron chi connectivity index (χ0n) is 21.6. The van der Waals surface area contributed by atoms with Crippen molar-refractivity contribution in [1.29, 1.82) is 0 Å². The fourth-order valence-electron chi connectivity index (χ4n) is 6.42. The van der Waals surface area contributed by atoms with Gasteiger partial charge in [0, 0.05) is 13.5 Å². The van der Waals surface area contributed by atoms with Crippen LogP contribution in [0.5, 0.6) is 0 Å². The van der Waals surface area contributed by atoms with Gasteiger partial charge >= 0.3 is 6.11 Å². The van der Waals surface area contributed by atoms with Crippen LogP contribution in [0.3, 0.4) is 0 Å². The standard InChI is InChI=1S/C30H40F4O2/c1-3-4-5-20-6-8-21(9-7-20)22-10-16-25(17-11-22)36-30(33,34)27-19-18-26(28(31)29(27)32)23-12-14-24(35-2)15-13-23/h4-5,16,18-24H,3,6-15,17H2,1-2H3/b5-4+. The smallest absolute Gasteiger partial charge is 0.429 e. The predicted octanol–water partition coefficient (Wildman–Crippen LogP) is 9.16. The minimum Gasteiger partial charge on any atom is -0.434 e.